The van der Waals surface area contributed by atoms with E-state index in [-0.39, 0.29) is 17.8 Å². The van der Waals surface area contributed by atoms with E-state index in [1.165, 1.54) is 0 Å². The third kappa shape index (κ3) is 3.83. The molecular formula is C16H21NO3. The second kappa shape index (κ2) is 7.08. The molecule has 1 fully saturated rings. The van der Waals surface area contributed by atoms with Gasteiger partial charge in [-0.25, -0.2) is 4.79 Å². The zero-order valence-corrected chi connectivity index (χ0v) is 11.9. The largest absolute Gasteiger partial charge is 0.462 e. The molecule has 1 saturated carbocycles. The van der Waals surface area contributed by atoms with E-state index in [1.807, 2.05) is 6.92 Å². The van der Waals surface area contributed by atoms with Crippen LogP contribution in [0.1, 0.15) is 49.4 Å². The molecule has 4 nitrogen and oxygen atoms in total. The van der Waals surface area contributed by atoms with Crippen LogP contribution in [0.3, 0.4) is 0 Å². The van der Waals surface area contributed by atoms with Crippen LogP contribution in [-0.2, 0) is 9.53 Å². The van der Waals surface area contributed by atoms with E-state index in [9.17, 15) is 9.59 Å². The van der Waals surface area contributed by atoms with Crippen molar-refractivity contribution in [3.8, 4) is 0 Å². The van der Waals surface area contributed by atoms with Crippen molar-refractivity contribution in [1.29, 1.82) is 0 Å². The maximum absolute atomic E-state index is 11.9. The van der Waals surface area contributed by atoms with Gasteiger partial charge in [0.15, 0.2) is 0 Å². The number of hydrogen-bond donors (Lipinski definition) is 1. The molecular weight excluding hydrogens is 254 g/mol. The van der Waals surface area contributed by atoms with E-state index in [1.54, 1.807) is 24.3 Å². The van der Waals surface area contributed by atoms with Gasteiger partial charge in [0.2, 0.25) is 5.91 Å². The summed E-state index contributed by atoms with van der Waals surface area (Å²) < 4.78 is 5.16. The van der Waals surface area contributed by atoms with E-state index in [4.69, 9.17) is 4.74 Å². The molecule has 0 aromatic heterocycles. The number of hydrogen-bond acceptors (Lipinski definition) is 3. The van der Waals surface area contributed by atoms with Gasteiger partial charge in [-0.1, -0.05) is 25.8 Å². The maximum Gasteiger partial charge on any atom is 0.338 e. The Morgan fingerprint density at radius 2 is 2.15 bits per heavy atom. The monoisotopic (exact) mass is 275 g/mol. The number of esters is 1. The summed E-state index contributed by atoms with van der Waals surface area (Å²) in [6, 6.07) is 6.92. The first kappa shape index (κ1) is 14.6. The zero-order valence-electron chi connectivity index (χ0n) is 11.9. The molecule has 20 heavy (non-hydrogen) atoms. The molecule has 1 aliphatic rings. The Kier molecular flexibility index (Phi) is 5.16. The van der Waals surface area contributed by atoms with E-state index in [0.717, 1.165) is 32.1 Å². The smallest absolute Gasteiger partial charge is 0.338 e. The minimum absolute atomic E-state index is 0.0488. The number of ether oxygens (including phenoxy) is 1. The molecule has 0 atom stereocenters. The second-order valence-electron chi connectivity index (χ2n) is 5.19. The quantitative estimate of drug-likeness (QED) is 0.639. The van der Waals surface area contributed by atoms with Crippen LogP contribution in [0.4, 0.5) is 5.69 Å². The van der Waals surface area contributed by atoms with Gasteiger partial charge in [-0.05, 0) is 37.5 Å². The highest BCUT2D eigenvalue weighted by atomic mass is 16.5. The van der Waals surface area contributed by atoms with Crippen LogP contribution in [0.15, 0.2) is 24.3 Å². The van der Waals surface area contributed by atoms with Crippen LogP contribution in [0.25, 0.3) is 0 Å². The molecule has 4 heteroatoms. The SMILES string of the molecule is CCCCOC(=O)c1cccc(NC(=O)C2CCC2)c1. The summed E-state index contributed by atoms with van der Waals surface area (Å²) in [5.41, 5.74) is 1.14. The van der Waals surface area contributed by atoms with Crippen molar-refractivity contribution in [3.63, 3.8) is 0 Å². The van der Waals surface area contributed by atoms with Crippen LogP contribution >= 0.6 is 0 Å². The molecule has 108 valence electrons. The van der Waals surface area contributed by atoms with Gasteiger partial charge in [0.25, 0.3) is 0 Å². The molecule has 1 aromatic rings. The minimum atomic E-state index is -0.335. The number of unbranched alkanes of at least 4 members (excludes halogenated alkanes) is 1. The maximum atomic E-state index is 11.9. The van der Waals surface area contributed by atoms with Crippen LogP contribution < -0.4 is 5.32 Å². The van der Waals surface area contributed by atoms with Gasteiger partial charge in [0.05, 0.1) is 12.2 Å². The Labute approximate surface area is 119 Å². The Balaban J connectivity index is 1.92. The lowest BCUT2D eigenvalue weighted by atomic mass is 9.85. The Morgan fingerprint density at radius 1 is 1.35 bits per heavy atom. The molecule has 2 rings (SSSR count). The number of amides is 1. The zero-order chi connectivity index (χ0) is 14.4. The number of benzene rings is 1. The Morgan fingerprint density at radius 3 is 2.80 bits per heavy atom. The first-order chi connectivity index (χ1) is 9.70. The highest BCUT2D eigenvalue weighted by Crippen LogP contribution is 2.27. The van der Waals surface area contributed by atoms with E-state index >= 15 is 0 Å². The van der Waals surface area contributed by atoms with Crippen LogP contribution in [0.2, 0.25) is 0 Å². The number of anilines is 1. The topological polar surface area (TPSA) is 55.4 Å². The number of carbonyl (C=O) groups is 2. The molecule has 1 amide bonds. The number of nitrogens with one attached hydrogen (secondary N) is 1. The summed E-state index contributed by atoms with van der Waals surface area (Å²) >= 11 is 0. The Bertz CT molecular complexity index is 480. The van der Waals surface area contributed by atoms with Gasteiger partial charge < -0.3 is 10.1 Å². The summed E-state index contributed by atoms with van der Waals surface area (Å²) in [6.45, 7) is 2.48. The number of carbonyl (C=O) groups excluding carboxylic acids is 2. The summed E-state index contributed by atoms with van der Waals surface area (Å²) in [4.78, 5) is 23.7. The number of rotatable bonds is 6. The lowest BCUT2D eigenvalue weighted by Crippen LogP contribution is -2.28. The molecule has 1 N–H and O–H groups in total. The first-order valence-corrected chi connectivity index (χ1v) is 7.28. The van der Waals surface area contributed by atoms with E-state index in [2.05, 4.69) is 5.32 Å². The second-order valence-corrected chi connectivity index (χ2v) is 5.19. The van der Waals surface area contributed by atoms with E-state index in [0.29, 0.717) is 17.9 Å². The average molecular weight is 275 g/mol. The highest BCUT2D eigenvalue weighted by Gasteiger charge is 2.25. The Hall–Kier alpha value is -1.84. The molecule has 0 bridgehead atoms. The molecule has 1 aromatic carbocycles. The molecule has 0 unspecified atom stereocenters. The summed E-state index contributed by atoms with van der Waals surface area (Å²) in [5.74, 6) is -0.152. The molecule has 1 aliphatic carbocycles. The van der Waals surface area contributed by atoms with Gasteiger partial charge in [-0.15, -0.1) is 0 Å². The normalized spacial score (nSPS) is 14.4. The summed E-state index contributed by atoms with van der Waals surface area (Å²) in [6.07, 6.45) is 4.91. The van der Waals surface area contributed by atoms with E-state index < -0.39 is 0 Å². The summed E-state index contributed by atoms with van der Waals surface area (Å²) in [5, 5.41) is 2.86. The van der Waals surface area contributed by atoms with Crippen molar-refractivity contribution < 1.29 is 14.3 Å². The minimum Gasteiger partial charge on any atom is -0.462 e. The van der Waals surface area contributed by atoms with Gasteiger partial charge in [-0.3, -0.25) is 4.79 Å². The van der Waals surface area contributed by atoms with Crippen molar-refractivity contribution in [3.05, 3.63) is 29.8 Å². The predicted molar refractivity (Wildman–Crippen MR) is 77.6 cm³/mol. The fourth-order valence-electron chi connectivity index (χ4n) is 2.03. The third-order valence-corrected chi connectivity index (χ3v) is 3.57. The van der Waals surface area contributed by atoms with Gasteiger partial charge in [-0.2, -0.15) is 0 Å². The molecule has 0 spiro atoms. The lowest BCUT2D eigenvalue weighted by molar-refractivity contribution is -0.122. The van der Waals surface area contributed by atoms with Crippen molar-refractivity contribution >= 4 is 17.6 Å². The van der Waals surface area contributed by atoms with Crippen molar-refractivity contribution in [2.24, 2.45) is 5.92 Å². The van der Waals surface area contributed by atoms with Crippen molar-refractivity contribution in [2.75, 3.05) is 11.9 Å². The average Bonchev–Trinajstić information content (AvgIpc) is 2.37. The molecule has 0 aliphatic heterocycles. The third-order valence-electron chi connectivity index (χ3n) is 3.57. The fraction of sp³-hybridized carbons (Fsp3) is 0.500. The first-order valence-electron chi connectivity index (χ1n) is 7.28. The fourth-order valence-corrected chi connectivity index (χ4v) is 2.03. The van der Waals surface area contributed by atoms with Crippen molar-refractivity contribution in [2.45, 2.75) is 39.0 Å². The van der Waals surface area contributed by atoms with Crippen LogP contribution in [-0.4, -0.2) is 18.5 Å². The summed E-state index contributed by atoms with van der Waals surface area (Å²) in [7, 11) is 0. The van der Waals surface area contributed by atoms with Crippen LogP contribution in [0.5, 0.6) is 0 Å². The molecule has 0 saturated heterocycles. The highest BCUT2D eigenvalue weighted by molar-refractivity contribution is 5.95. The van der Waals surface area contributed by atoms with Gasteiger partial charge in [0, 0.05) is 11.6 Å². The van der Waals surface area contributed by atoms with Gasteiger partial charge in [0.1, 0.15) is 0 Å². The molecule has 0 radical (unpaired) electrons. The van der Waals surface area contributed by atoms with Gasteiger partial charge >= 0.3 is 5.97 Å². The predicted octanol–water partition coefficient (Wildman–Crippen LogP) is 3.38. The standard InChI is InChI=1S/C16H21NO3/c1-2-3-10-20-16(19)13-8-5-9-14(11-13)17-15(18)12-6-4-7-12/h5,8-9,11-12H,2-4,6-7,10H2,1H3,(H,17,18). The molecule has 0 heterocycles. The van der Waals surface area contributed by atoms with Crippen LogP contribution in [0, 0.1) is 5.92 Å². The van der Waals surface area contributed by atoms with Crippen molar-refractivity contribution in [1.82, 2.24) is 0 Å². The lowest BCUT2D eigenvalue weighted by Gasteiger charge is -2.24.